The predicted molar refractivity (Wildman–Crippen MR) is 152 cm³/mol. The largest absolute Gasteiger partial charge is 0.473 e. The SMILES string of the molecule is COc1ncc(-c2cccc(N(C[C@H]3CC[C@H](c4ccc5c(c4)OCO5)CC3)C(=O)[C@H]3CC[C@H](O)CC3)c2)s1. The number of aliphatic hydroxyl groups excluding tert-OH is 1. The van der Waals surface area contributed by atoms with Gasteiger partial charge in [0, 0.05) is 24.3 Å². The number of hydrogen-bond donors (Lipinski definition) is 1. The molecule has 206 valence electrons. The van der Waals surface area contributed by atoms with E-state index in [1.807, 2.05) is 23.2 Å². The molecule has 2 aromatic carbocycles. The number of hydrogen-bond acceptors (Lipinski definition) is 7. The van der Waals surface area contributed by atoms with E-state index in [2.05, 4.69) is 35.3 Å². The first-order chi connectivity index (χ1) is 19.1. The minimum Gasteiger partial charge on any atom is -0.473 e. The van der Waals surface area contributed by atoms with Crippen LogP contribution in [0.15, 0.2) is 48.7 Å². The van der Waals surface area contributed by atoms with Gasteiger partial charge in [-0.2, -0.15) is 0 Å². The van der Waals surface area contributed by atoms with E-state index in [0.717, 1.165) is 72.7 Å². The van der Waals surface area contributed by atoms with E-state index < -0.39 is 0 Å². The summed E-state index contributed by atoms with van der Waals surface area (Å²) in [7, 11) is 1.63. The van der Waals surface area contributed by atoms with Crippen LogP contribution in [0, 0.1) is 11.8 Å². The van der Waals surface area contributed by atoms with Crippen molar-refractivity contribution in [1.82, 2.24) is 4.98 Å². The first-order valence-electron chi connectivity index (χ1n) is 14.1. The lowest BCUT2D eigenvalue weighted by atomic mass is 9.78. The summed E-state index contributed by atoms with van der Waals surface area (Å²) in [5.74, 6) is 2.78. The fourth-order valence-electron chi connectivity index (χ4n) is 6.28. The normalized spacial score (nSPS) is 24.4. The van der Waals surface area contributed by atoms with Gasteiger partial charge in [0.25, 0.3) is 5.19 Å². The molecule has 0 spiro atoms. The molecule has 0 atom stereocenters. The first-order valence-corrected chi connectivity index (χ1v) is 14.9. The summed E-state index contributed by atoms with van der Waals surface area (Å²) in [5, 5.41) is 10.7. The van der Waals surface area contributed by atoms with E-state index in [1.165, 1.54) is 16.9 Å². The van der Waals surface area contributed by atoms with Gasteiger partial charge in [0.2, 0.25) is 12.7 Å². The molecule has 3 aromatic rings. The molecule has 0 unspecified atom stereocenters. The zero-order chi connectivity index (χ0) is 26.8. The van der Waals surface area contributed by atoms with E-state index in [4.69, 9.17) is 14.2 Å². The van der Waals surface area contributed by atoms with Crippen molar-refractivity contribution < 1.29 is 24.1 Å². The van der Waals surface area contributed by atoms with Gasteiger partial charge >= 0.3 is 0 Å². The van der Waals surface area contributed by atoms with Crippen LogP contribution in [0.4, 0.5) is 5.69 Å². The van der Waals surface area contributed by atoms with Crippen LogP contribution in [0.2, 0.25) is 0 Å². The lowest BCUT2D eigenvalue weighted by Crippen LogP contribution is -2.41. The number of rotatable bonds is 7. The number of anilines is 1. The zero-order valence-corrected chi connectivity index (χ0v) is 23.2. The first kappa shape index (κ1) is 26.1. The van der Waals surface area contributed by atoms with Crippen LogP contribution in [-0.2, 0) is 4.79 Å². The molecule has 1 aliphatic heterocycles. The molecule has 2 saturated carbocycles. The average molecular weight is 549 g/mol. The third kappa shape index (κ3) is 5.77. The minimum atomic E-state index is -0.279. The number of amides is 1. The van der Waals surface area contributed by atoms with E-state index in [1.54, 1.807) is 7.11 Å². The van der Waals surface area contributed by atoms with Crippen molar-refractivity contribution in [3.8, 4) is 27.1 Å². The summed E-state index contributed by atoms with van der Waals surface area (Å²) in [5.41, 5.74) is 3.30. The Morgan fingerprint density at radius 1 is 1.03 bits per heavy atom. The summed E-state index contributed by atoms with van der Waals surface area (Å²) in [4.78, 5) is 21.3. The van der Waals surface area contributed by atoms with Gasteiger partial charge < -0.3 is 24.2 Å². The molecule has 1 amide bonds. The molecule has 3 aliphatic rings. The maximum Gasteiger partial charge on any atom is 0.273 e. The number of benzene rings is 2. The van der Waals surface area contributed by atoms with E-state index in [-0.39, 0.29) is 17.9 Å². The lowest BCUT2D eigenvalue weighted by molar-refractivity contribution is -0.124. The van der Waals surface area contributed by atoms with E-state index in [9.17, 15) is 9.90 Å². The van der Waals surface area contributed by atoms with Gasteiger partial charge in [0.1, 0.15) is 0 Å². The smallest absolute Gasteiger partial charge is 0.273 e. The van der Waals surface area contributed by atoms with Crippen LogP contribution >= 0.6 is 11.3 Å². The Hall–Kier alpha value is -3.10. The van der Waals surface area contributed by atoms with Crippen molar-refractivity contribution in [1.29, 1.82) is 0 Å². The number of nitrogens with zero attached hydrogens (tertiary/aromatic N) is 2. The number of aliphatic hydroxyl groups is 1. The quantitative estimate of drug-likeness (QED) is 0.368. The van der Waals surface area contributed by atoms with Crippen LogP contribution in [0.25, 0.3) is 10.4 Å². The third-order valence-electron chi connectivity index (χ3n) is 8.57. The molecule has 0 radical (unpaired) electrons. The Kier molecular flexibility index (Phi) is 7.75. The van der Waals surface area contributed by atoms with Crippen LogP contribution in [0.1, 0.15) is 62.8 Å². The van der Waals surface area contributed by atoms with Crippen LogP contribution in [-0.4, -0.2) is 42.5 Å². The Balaban J connectivity index is 1.19. The molecular formula is C31H36N2O5S. The van der Waals surface area contributed by atoms with Gasteiger partial charge in [-0.1, -0.05) is 29.5 Å². The van der Waals surface area contributed by atoms with Crippen molar-refractivity contribution in [3.05, 3.63) is 54.2 Å². The Labute approximate surface area is 233 Å². The molecule has 2 aliphatic carbocycles. The molecule has 2 fully saturated rings. The highest BCUT2D eigenvalue weighted by Gasteiger charge is 2.32. The van der Waals surface area contributed by atoms with Crippen molar-refractivity contribution in [2.24, 2.45) is 11.8 Å². The van der Waals surface area contributed by atoms with Crippen molar-refractivity contribution in [2.75, 3.05) is 25.3 Å². The van der Waals surface area contributed by atoms with Gasteiger partial charge in [-0.15, -0.1) is 0 Å². The fourth-order valence-corrected chi connectivity index (χ4v) is 7.01. The Morgan fingerprint density at radius 3 is 2.59 bits per heavy atom. The second kappa shape index (κ2) is 11.6. The van der Waals surface area contributed by atoms with Crippen LogP contribution < -0.4 is 19.1 Å². The number of aromatic nitrogens is 1. The second-order valence-corrected chi connectivity index (χ2v) is 12.0. The average Bonchev–Trinajstić information content (AvgIpc) is 3.66. The highest BCUT2D eigenvalue weighted by molar-refractivity contribution is 7.16. The van der Waals surface area contributed by atoms with E-state index >= 15 is 0 Å². The minimum absolute atomic E-state index is 0.0365. The molecule has 2 heterocycles. The molecule has 1 aromatic heterocycles. The molecule has 0 saturated heterocycles. The van der Waals surface area contributed by atoms with Crippen molar-refractivity contribution >= 4 is 22.9 Å². The number of thiazole rings is 1. The summed E-state index contributed by atoms with van der Waals surface area (Å²) < 4.78 is 16.4. The van der Waals surface area contributed by atoms with E-state index in [0.29, 0.717) is 36.7 Å². The second-order valence-electron chi connectivity index (χ2n) is 11.0. The highest BCUT2D eigenvalue weighted by atomic mass is 32.1. The molecule has 0 bridgehead atoms. The van der Waals surface area contributed by atoms with Gasteiger partial charge in [-0.25, -0.2) is 4.98 Å². The summed E-state index contributed by atoms with van der Waals surface area (Å²) in [6.07, 6.45) is 8.81. The van der Waals surface area contributed by atoms with Crippen molar-refractivity contribution in [3.63, 3.8) is 0 Å². The third-order valence-corrected chi connectivity index (χ3v) is 9.58. The molecule has 39 heavy (non-hydrogen) atoms. The van der Waals surface area contributed by atoms with Gasteiger partial charge in [0.05, 0.1) is 18.1 Å². The van der Waals surface area contributed by atoms with Crippen LogP contribution in [0.5, 0.6) is 16.7 Å². The maximum absolute atomic E-state index is 14.0. The van der Waals surface area contributed by atoms with Crippen LogP contribution in [0.3, 0.4) is 0 Å². The number of carbonyl (C=O) groups is 1. The summed E-state index contributed by atoms with van der Waals surface area (Å²) >= 11 is 1.50. The monoisotopic (exact) mass is 548 g/mol. The fraction of sp³-hybridized carbons (Fsp3) is 0.484. The predicted octanol–water partition coefficient (Wildman–Crippen LogP) is 6.41. The summed E-state index contributed by atoms with van der Waals surface area (Å²) in [6, 6.07) is 14.6. The van der Waals surface area contributed by atoms with Crippen molar-refractivity contribution in [2.45, 2.75) is 63.4 Å². The number of ether oxygens (including phenoxy) is 3. The number of methoxy groups -OCH3 is 1. The summed E-state index contributed by atoms with van der Waals surface area (Å²) in [6.45, 7) is 1.02. The standard InChI is InChI=1S/C31H36N2O5S/c1-36-31-32-17-29(39-31)24-3-2-4-25(15-24)33(30(35)22-9-12-26(34)13-10-22)18-20-5-7-21(8-6-20)23-11-14-27-28(16-23)38-19-37-27/h2-4,11,14-17,20-22,26,34H,5-10,12-13,18-19H2,1H3/t20-,21-,22-,26-. The molecular weight excluding hydrogens is 512 g/mol. The Bertz CT molecular complexity index is 1290. The lowest BCUT2D eigenvalue weighted by Gasteiger charge is -2.36. The van der Waals surface area contributed by atoms with Gasteiger partial charge in [-0.05, 0) is 98.6 Å². The molecule has 6 rings (SSSR count). The molecule has 8 heteroatoms. The topological polar surface area (TPSA) is 81.1 Å². The number of fused-ring (bicyclic) bond motifs is 1. The molecule has 1 N–H and O–H groups in total. The Morgan fingerprint density at radius 2 is 1.82 bits per heavy atom. The van der Waals surface area contributed by atoms with Gasteiger partial charge in [0.15, 0.2) is 11.5 Å². The highest BCUT2D eigenvalue weighted by Crippen LogP contribution is 2.41. The zero-order valence-electron chi connectivity index (χ0n) is 22.4. The maximum atomic E-state index is 14.0. The number of carbonyl (C=O) groups excluding carboxylic acids is 1. The molecule has 7 nitrogen and oxygen atoms in total. The van der Waals surface area contributed by atoms with Gasteiger partial charge in [-0.3, -0.25) is 4.79 Å².